The molecule has 2 aromatic carbocycles. The summed E-state index contributed by atoms with van der Waals surface area (Å²) in [6.07, 6.45) is 0. The lowest BCUT2D eigenvalue weighted by molar-refractivity contribution is -0.384. The number of nitrogens with zero attached hydrogens (tertiary/aromatic N) is 3. The number of carbonyl (C=O) groups is 1. The summed E-state index contributed by atoms with van der Waals surface area (Å²) in [7, 11) is 0. The molecule has 0 radical (unpaired) electrons. The summed E-state index contributed by atoms with van der Waals surface area (Å²) in [5, 5.41) is 14.6. The number of nitro groups is 1. The quantitative estimate of drug-likeness (QED) is 0.627. The van der Waals surface area contributed by atoms with E-state index < -0.39 is 4.92 Å². The second-order valence-corrected chi connectivity index (χ2v) is 6.88. The lowest BCUT2D eigenvalue weighted by atomic mass is 10.1. The van der Waals surface area contributed by atoms with Crippen molar-refractivity contribution >= 4 is 34.6 Å². The van der Waals surface area contributed by atoms with Crippen molar-refractivity contribution in [3.63, 3.8) is 0 Å². The summed E-state index contributed by atoms with van der Waals surface area (Å²) in [4.78, 5) is 27.4. The molecule has 7 nitrogen and oxygen atoms in total. The zero-order valence-corrected chi connectivity index (χ0v) is 15.7. The number of nitro benzene ring substituents is 1. The van der Waals surface area contributed by atoms with Gasteiger partial charge in [0.05, 0.1) is 11.0 Å². The number of halogens is 1. The van der Waals surface area contributed by atoms with Crippen LogP contribution in [0.5, 0.6) is 0 Å². The molecule has 1 aliphatic heterocycles. The van der Waals surface area contributed by atoms with Gasteiger partial charge in [-0.15, -0.1) is 0 Å². The van der Waals surface area contributed by atoms with E-state index in [4.69, 9.17) is 11.6 Å². The SMILES string of the molecule is C[C@@H](C(=O)Nc1ccccc1)N1CCN(c2ccc(Cl)cc2[N+](=O)[O-])CC1. The molecule has 0 unspecified atom stereocenters. The Balaban J connectivity index is 1.62. The average molecular weight is 389 g/mol. The number of anilines is 2. The molecule has 0 saturated carbocycles. The first-order chi connectivity index (χ1) is 13.0. The molecule has 0 aromatic heterocycles. The predicted octanol–water partition coefficient (Wildman–Crippen LogP) is 3.40. The Morgan fingerprint density at radius 1 is 1.15 bits per heavy atom. The van der Waals surface area contributed by atoms with E-state index in [1.165, 1.54) is 6.07 Å². The Hall–Kier alpha value is -2.64. The van der Waals surface area contributed by atoms with Gasteiger partial charge in [-0.05, 0) is 31.2 Å². The molecule has 1 aliphatic rings. The van der Waals surface area contributed by atoms with Crippen molar-refractivity contribution in [3.05, 3.63) is 63.7 Å². The lowest BCUT2D eigenvalue weighted by Crippen LogP contribution is -2.53. The molecule has 1 fully saturated rings. The van der Waals surface area contributed by atoms with Gasteiger partial charge >= 0.3 is 0 Å². The molecule has 1 atom stereocenters. The van der Waals surface area contributed by atoms with E-state index in [9.17, 15) is 14.9 Å². The number of hydrogen-bond acceptors (Lipinski definition) is 5. The second kappa shape index (κ2) is 8.37. The molecule has 1 N–H and O–H groups in total. The molecule has 0 bridgehead atoms. The van der Waals surface area contributed by atoms with E-state index in [0.717, 1.165) is 5.69 Å². The number of nitrogens with one attached hydrogen (secondary N) is 1. The molecule has 0 aliphatic carbocycles. The minimum atomic E-state index is -0.413. The Morgan fingerprint density at radius 3 is 2.44 bits per heavy atom. The first kappa shape index (κ1) is 19.1. The van der Waals surface area contributed by atoms with Crippen molar-refractivity contribution < 1.29 is 9.72 Å². The molecule has 2 aromatic rings. The summed E-state index contributed by atoms with van der Waals surface area (Å²) >= 11 is 5.89. The third-order valence-electron chi connectivity index (χ3n) is 4.76. The van der Waals surface area contributed by atoms with Crippen LogP contribution in [-0.4, -0.2) is 48.0 Å². The van der Waals surface area contributed by atoms with Crippen molar-refractivity contribution in [3.8, 4) is 0 Å². The third kappa shape index (κ3) is 4.56. The van der Waals surface area contributed by atoms with Crippen molar-refractivity contribution in [1.82, 2.24) is 4.90 Å². The third-order valence-corrected chi connectivity index (χ3v) is 4.99. The predicted molar refractivity (Wildman–Crippen MR) is 106 cm³/mol. The number of carbonyl (C=O) groups excluding carboxylic acids is 1. The summed E-state index contributed by atoms with van der Waals surface area (Å²) in [6, 6.07) is 13.8. The van der Waals surface area contributed by atoms with Crippen LogP contribution in [0.3, 0.4) is 0 Å². The van der Waals surface area contributed by atoms with Crippen molar-refractivity contribution in [2.45, 2.75) is 13.0 Å². The van der Waals surface area contributed by atoms with E-state index in [2.05, 4.69) is 10.2 Å². The van der Waals surface area contributed by atoms with Crippen LogP contribution < -0.4 is 10.2 Å². The topological polar surface area (TPSA) is 78.7 Å². The maximum Gasteiger partial charge on any atom is 0.294 e. The standard InChI is InChI=1S/C19H21ClN4O3/c1-14(19(25)21-16-5-3-2-4-6-16)22-9-11-23(12-10-22)17-8-7-15(20)13-18(17)24(26)27/h2-8,13-14H,9-12H2,1H3,(H,21,25)/t14-/m0/s1. The largest absolute Gasteiger partial charge is 0.363 e. The molecule has 142 valence electrons. The van der Waals surface area contributed by atoms with Crippen LogP contribution in [0.4, 0.5) is 17.1 Å². The fourth-order valence-electron chi connectivity index (χ4n) is 3.19. The number of piperazine rings is 1. The van der Waals surface area contributed by atoms with E-state index in [-0.39, 0.29) is 17.6 Å². The average Bonchev–Trinajstić information content (AvgIpc) is 2.68. The molecule has 1 heterocycles. The molecule has 3 rings (SSSR count). The fraction of sp³-hybridized carbons (Fsp3) is 0.316. The van der Waals surface area contributed by atoms with Crippen LogP contribution in [0.15, 0.2) is 48.5 Å². The lowest BCUT2D eigenvalue weighted by Gasteiger charge is -2.38. The number of rotatable bonds is 5. The number of amides is 1. The fourth-order valence-corrected chi connectivity index (χ4v) is 3.36. The van der Waals surface area contributed by atoms with Gasteiger partial charge in [0.15, 0.2) is 0 Å². The normalized spacial score (nSPS) is 16.0. The van der Waals surface area contributed by atoms with Gasteiger partial charge in [-0.25, -0.2) is 0 Å². The van der Waals surface area contributed by atoms with E-state index in [1.54, 1.807) is 12.1 Å². The maximum absolute atomic E-state index is 12.5. The monoisotopic (exact) mass is 388 g/mol. The molecule has 1 amide bonds. The van der Waals surface area contributed by atoms with Crippen LogP contribution in [0.2, 0.25) is 5.02 Å². The highest BCUT2D eigenvalue weighted by Crippen LogP contribution is 2.31. The van der Waals surface area contributed by atoms with Gasteiger partial charge in [0.25, 0.3) is 5.69 Å². The maximum atomic E-state index is 12.5. The van der Waals surface area contributed by atoms with Crippen LogP contribution in [0, 0.1) is 10.1 Å². The van der Waals surface area contributed by atoms with E-state index in [1.807, 2.05) is 42.2 Å². The summed E-state index contributed by atoms with van der Waals surface area (Å²) in [5.41, 5.74) is 1.33. The van der Waals surface area contributed by atoms with Crippen molar-refractivity contribution in [2.75, 3.05) is 36.4 Å². The van der Waals surface area contributed by atoms with Gasteiger partial charge < -0.3 is 10.2 Å². The van der Waals surface area contributed by atoms with Crippen LogP contribution >= 0.6 is 11.6 Å². The zero-order chi connectivity index (χ0) is 19.4. The van der Waals surface area contributed by atoms with Gasteiger partial charge in [-0.1, -0.05) is 29.8 Å². The highest BCUT2D eigenvalue weighted by Gasteiger charge is 2.28. The first-order valence-corrected chi connectivity index (χ1v) is 9.12. The van der Waals surface area contributed by atoms with Crippen LogP contribution in [-0.2, 0) is 4.79 Å². The van der Waals surface area contributed by atoms with Crippen molar-refractivity contribution in [1.29, 1.82) is 0 Å². The van der Waals surface area contributed by atoms with E-state index >= 15 is 0 Å². The molecule has 27 heavy (non-hydrogen) atoms. The molecular weight excluding hydrogens is 368 g/mol. The molecule has 8 heteroatoms. The van der Waals surface area contributed by atoms with Gasteiger partial charge in [0.1, 0.15) is 5.69 Å². The Bertz CT molecular complexity index is 823. The Morgan fingerprint density at radius 2 is 1.81 bits per heavy atom. The first-order valence-electron chi connectivity index (χ1n) is 8.74. The summed E-state index contributed by atoms with van der Waals surface area (Å²) in [6.45, 7) is 4.36. The van der Waals surface area contributed by atoms with E-state index in [0.29, 0.717) is 36.9 Å². The summed E-state index contributed by atoms with van der Waals surface area (Å²) in [5.74, 6) is -0.0628. The van der Waals surface area contributed by atoms with Gasteiger partial charge in [-0.2, -0.15) is 0 Å². The second-order valence-electron chi connectivity index (χ2n) is 6.44. The number of para-hydroxylation sites is 1. The molecule has 0 spiro atoms. The minimum Gasteiger partial charge on any atom is -0.363 e. The van der Waals surface area contributed by atoms with Crippen LogP contribution in [0.25, 0.3) is 0 Å². The number of hydrogen-bond donors (Lipinski definition) is 1. The Labute approximate surface area is 162 Å². The minimum absolute atomic E-state index is 0.00539. The van der Waals surface area contributed by atoms with Crippen molar-refractivity contribution in [2.24, 2.45) is 0 Å². The smallest absolute Gasteiger partial charge is 0.294 e. The van der Waals surface area contributed by atoms with Gasteiger partial charge in [-0.3, -0.25) is 19.8 Å². The number of benzene rings is 2. The van der Waals surface area contributed by atoms with Gasteiger partial charge in [0, 0.05) is 43.0 Å². The van der Waals surface area contributed by atoms with Gasteiger partial charge in [0.2, 0.25) is 5.91 Å². The highest BCUT2D eigenvalue weighted by molar-refractivity contribution is 6.30. The molecule has 1 saturated heterocycles. The highest BCUT2D eigenvalue weighted by atomic mass is 35.5. The zero-order valence-electron chi connectivity index (χ0n) is 15.0. The summed E-state index contributed by atoms with van der Waals surface area (Å²) < 4.78 is 0. The Kier molecular flexibility index (Phi) is 5.93. The van der Waals surface area contributed by atoms with Crippen LogP contribution in [0.1, 0.15) is 6.92 Å². The molecular formula is C19H21ClN4O3.